The van der Waals surface area contributed by atoms with Gasteiger partial charge in [0, 0.05) is 32.1 Å². The number of likely N-dealkylation sites (N-methyl/N-ethyl adjacent to an activating group) is 2. The van der Waals surface area contributed by atoms with Crippen LogP contribution in [0.2, 0.25) is 0 Å². The number of hydrogen-bond donors (Lipinski definition) is 6. The molecule has 0 bridgehead atoms. The molecule has 7 N–H and O–H groups in total. The number of aliphatic hydroxyl groups is 1. The van der Waals surface area contributed by atoms with Crippen LogP contribution in [0.1, 0.15) is 20.3 Å². The molecule has 130 valence electrons. The van der Waals surface area contributed by atoms with Crippen LogP contribution in [0.25, 0.3) is 0 Å². The van der Waals surface area contributed by atoms with Gasteiger partial charge in [-0.3, -0.25) is 15.5 Å². The lowest BCUT2D eigenvalue weighted by Crippen LogP contribution is -2.63. The Morgan fingerprint density at radius 1 is 1.45 bits per heavy atom. The van der Waals surface area contributed by atoms with Gasteiger partial charge in [0.2, 0.25) is 0 Å². The summed E-state index contributed by atoms with van der Waals surface area (Å²) >= 11 is 0. The van der Waals surface area contributed by atoms with Gasteiger partial charge in [-0.15, -0.1) is 4.91 Å². The predicted molar refractivity (Wildman–Crippen MR) is 86.9 cm³/mol. The Morgan fingerprint density at radius 2 is 2.14 bits per heavy atom. The molecule has 22 heavy (non-hydrogen) atoms. The van der Waals surface area contributed by atoms with Crippen molar-refractivity contribution in [3.05, 3.63) is 4.91 Å². The third kappa shape index (κ3) is 6.61. The van der Waals surface area contributed by atoms with E-state index in [-0.39, 0.29) is 18.4 Å². The molecular formula is C13H31N7O2. The van der Waals surface area contributed by atoms with E-state index in [1.165, 1.54) is 0 Å². The fourth-order valence-corrected chi connectivity index (χ4v) is 2.66. The Kier molecular flexibility index (Phi) is 8.95. The predicted octanol–water partition coefficient (Wildman–Crippen LogP) is -1.89. The maximum absolute atomic E-state index is 11.1. The molecule has 9 nitrogen and oxygen atoms in total. The van der Waals surface area contributed by atoms with Crippen molar-refractivity contribution in [3.63, 3.8) is 0 Å². The van der Waals surface area contributed by atoms with Gasteiger partial charge < -0.3 is 21.5 Å². The molecule has 9 heteroatoms. The summed E-state index contributed by atoms with van der Waals surface area (Å²) in [7, 11) is 1.88. The number of nitrogens with one attached hydrogen (secondary N) is 4. The highest BCUT2D eigenvalue weighted by Crippen LogP contribution is 2.16. The zero-order chi connectivity index (χ0) is 16.5. The van der Waals surface area contributed by atoms with Gasteiger partial charge in [0.1, 0.15) is 12.4 Å². The fourth-order valence-electron chi connectivity index (χ4n) is 2.66. The first-order chi connectivity index (χ1) is 10.5. The fraction of sp³-hybridized carbons (Fsp3) is 1.00. The minimum absolute atomic E-state index is 0.0540. The van der Waals surface area contributed by atoms with Gasteiger partial charge in [-0.05, 0) is 20.5 Å². The van der Waals surface area contributed by atoms with E-state index in [4.69, 9.17) is 5.73 Å². The lowest BCUT2D eigenvalue weighted by molar-refractivity contribution is 0.0336. The average molecular weight is 317 g/mol. The minimum atomic E-state index is -0.541. The molecule has 0 aromatic heterocycles. The standard InChI is InChI=1S/C13H31N7O2/c1-4-16-12(6-15-3)18-11(14)5-13(19-22)20-7-10(8-20)17-9(2)21/h9-13,15-18,21H,4-8,14H2,1-3H3/t9-,11-,12+,13+/m1/s1. The Labute approximate surface area is 132 Å². The smallest absolute Gasteiger partial charge is 0.147 e. The first-order valence-electron chi connectivity index (χ1n) is 7.90. The second-order valence-electron chi connectivity index (χ2n) is 5.76. The highest BCUT2D eigenvalue weighted by atomic mass is 16.3. The number of nitroso groups, excluding NO2 is 1. The lowest BCUT2D eigenvalue weighted by Gasteiger charge is -2.43. The number of nitrogens with zero attached hydrogens (tertiary/aromatic N) is 2. The van der Waals surface area contributed by atoms with Crippen LogP contribution in [-0.2, 0) is 0 Å². The first-order valence-corrected chi connectivity index (χ1v) is 7.90. The van der Waals surface area contributed by atoms with E-state index in [0.717, 1.165) is 13.1 Å². The zero-order valence-electron chi connectivity index (χ0n) is 13.7. The molecule has 1 rings (SSSR count). The molecule has 0 spiro atoms. The Balaban J connectivity index is 2.34. The van der Waals surface area contributed by atoms with E-state index in [1.807, 2.05) is 18.9 Å². The van der Waals surface area contributed by atoms with Crippen LogP contribution in [0, 0.1) is 4.91 Å². The second-order valence-corrected chi connectivity index (χ2v) is 5.76. The Morgan fingerprint density at radius 3 is 2.64 bits per heavy atom. The quantitative estimate of drug-likeness (QED) is 0.182. The summed E-state index contributed by atoms with van der Waals surface area (Å²) in [6.45, 7) is 6.68. The van der Waals surface area contributed by atoms with Crippen molar-refractivity contribution in [2.24, 2.45) is 10.9 Å². The molecular weight excluding hydrogens is 286 g/mol. The largest absolute Gasteiger partial charge is 0.379 e. The summed E-state index contributed by atoms with van der Waals surface area (Å²) in [5, 5.41) is 25.1. The number of hydrogen-bond acceptors (Lipinski definition) is 9. The highest BCUT2D eigenvalue weighted by Gasteiger charge is 2.34. The van der Waals surface area contributed by atoms with Gasteiger partial charge in [0.05, 0.1) is 12.3 Å². The van der Waals surface area contributed by atoms with Gasteiger partial charge in [0.15, 0.2) is 0 Å². The van der Waals surface area contributed by atoms with Crippen molar-refractivity contribution < 1.29 is 5.11 Å². The van der Waals surface area contributed by atoms with Gasteiger partial charge in [-0.25, -0.2) is 0 Å². The van der Waals surface area contributed by atoms with Gasteiger partial charge >= 0.3 is 0 Å². The number of nitrogens with two attached hydrogens (primary N) is 1. The third-order valence-electron chi connectivity index (χ3n) is 3.67. The minimum Gasteiger partial charge on any atom is -0.379 e. The van der Waals surface area contributed by atoms with Crippen molar-refractivity contribution in [1.29, 1.82) is 0 Å². The van der Waals surface area contributed by atoms with Gasteiger partial charge in [0.25, 0.3) is 0 Å². The third-order valence-corrected chi connectivity index (χ3v) is 3.67. The SMILES string of the molecule is CCN[C@H](CNC)N[C@@H](N)C[C@@H](N=O)N1CC(N[C@@H](C)O)C1. The van der Waals surface area contributed by atoms with Crippen LogP contribution in [0.3, 0.4) is 0 Å². The van der Waals surface area contributed by atoms with E-state index in [2.05, 4.69) is 26.4 Å². The van der Waals surface area contributed by atoms with E-state index in [1.54, 1.807) is 6.92 Å². The molecule has 0 unspecified atom stereocenters. The maximum Gasteiger partial charge on any atom is 0.147 e. The molecule has 1 heterocycles. The van der Waals surface area contributed by atoms with Crippen LogP contribution in [-0.4, -0.2) is 74.0 Å². The first kappa shape index (κ1) is 19.4. The molecule has 0 aliphatic carbocycles. The van der Waals surface area contributed by atoms with Crippen LogP contribution in [0.5, 0.6) is 0 Å². The molecule has 0 aromatic rings. The van der Waals surface area contributed by atoms with Crippen molar-refractivity contribution >= 4 is 0 Å². The molecule has 0 amide bonds. The summed E-state index contributed by atoms with van der Waals surface area (Å²) in [5.41, 5.74) is 6.08. The zero-order valence-corrected chi connectivity index (χ0v) is 13.7. The van der Waals surface area contributed by atoms with Crippen molar-refractivity contribution in [3.8, 4) is 0 Å². The molecule has 0 saturated carbocycles. The topological polar surface area (TPSA) is 127 Å². The second kappa shape index (κ2) is 10.2. The number of rotatable bonds is 12. The molecule has 1 aliphatic heterocycles. The summed E-state index contributed by atoms with van der Waals surface area (Å²) in [5.74, 6) is 0. The summed E-state index contributed by atoms with van der Waals surface area (Å²) in [6.07, 6.45) is -0.786. The normalized spacial score (nSPS) is 21.9. The van der Waals surface area contributed by atoms with Crippen LogP contribution in [0.15, 0.2) is 5.18 Å². The molecule has 0 radical (unpaired) electrons. The van der Waals surface area contributed by atoms with E-state index in [9.17, 15) is 10.0 Å². The monoisotopic (exact) mass is 317 g/mol. The van der Waals surface area contributed by atoms with Crippen LogP contribution >= 0.6 is 0 Å². The molecule has 4 atom stereocenters. The summed E-state index contributed by atoms with van der Waals surface area (Å²) in [4.78, 5) is 13.0. The van der Waals surface area contributed by atoms with Gasteiger partial charge in [-0.2, -0.15) is 0 Å². The van der Waals surface area contributed by atoms with E-state index < -0.39 is 12.4 Å². The van der Waals surface area contributed by atoms with Gasteiger partial charge in [-0.1, -0.05) is 12.1 Å². The number of aliphatic hydroxyl groups excluding tert-OH is 1. The van der Waals surface area contributed by atoms with Crippen LogP contribution in [0.4, 0.5) is 0 Å². The van der Waals surface area contributed by atoms with E-state index in [0.29, 0.717) is 19.5 Å². The molecule has 0 aromatic carbocycles. The molecule has 1 fully saturated rings. The highest BCUT2D eigenvalue weighted by molar-refractivity contribution is 4.90. The van der Waals surface area contributed by atoms with Crippen molar-refractivity contribution in [2.75, 3.05) is 33.2 Å². The van der Waals surface area contributed by atoms with E-state index >= 15 is 0 Å². The summed E-state index contributed by atoms with van der Waals surface area (Å²) in [6, 6.07) is 0.201. The lowest BCUT2D eigenvalue weighted by atomic mass is 10.1. The maximum atomic E-state index is 11.1. The van der Waals surface area contributed by atoms with Crippen molar-refractivity contribution in [2.45, 2.75) is 51.0 Å². The molecule has 1 saturated heterocycles. The Hall–Kier alpha value is -0.680. The van der Waals surface area contributed by atoms with Crippen LogP contribution < -0.4 is 27.0 Å². The van der Waals surface area contributed by atoms with Crippen molar-refractivity contribution in [1.82, 2.24) is 26.2 Å². The Bertz CT molecular complexity index is 307. The average Bonchev–Trinajstić information content (AvgIpc) is 2.40. The molecule has 1 aliphatic rings. The summed E-state index contributed by atoms with van der Waals surface area (Å²) < 4.78 is 0. The number of likely N-dealkylation sites (tertiary alicyclic amines) is 1.